The number of nitriles is 1. The number of aliphatic carboxylic acids is 1. The van der Waals surface area contributed by atoms with Gasteiger partial charge >= 0.3 is 5.97 Å². The molecule has 0 aromatic carbocycles. The summed E-state index contributed by atoms with van der Waals surface area (Å²) in [6.45, 7) is 3.59. The van der Waals surface area contributed by atoms with E-state index in [0.29, 0.717) is 10.6 Å². The first-order chi connectivity index (χ1) is 10.9. The fourth-order valence-electron chi connectivity index (χ4n) is 3.73. The molecule has 1 heterocycles. The number of aryl methyl sites for hydroxylation is 1. The highest BCUT2D eigenvalue weighted by molar-refractivity contribution is 7.16. The Labute approximate surface area is 139 Å². The van der Waals surface area contributed by atoms with E-state index in [1.54, 1.807) is 13.8 Å². The maximum absolute atomic E-state index is 12.5. The number of hydrogen-bond donors (Lipinski definition) is 2. The molecule has 3 rings (SSSR count). The summed E-state index contributed by atoms with van der Waals surface area (Å²) in [5.41, 5.74) is 1.12. The lowest BCUT2D eigenvalue weighted by atomic mass is 10.1. The number of anilines is 1. The third-order valence-corrected chi connectivity index (χ3v) is 6.35. The number of carbonyl (C=O) groups is 2. The van der Waals surface area contributed by atoms with Crippen molar-refractivity contribution in [2.45, 2.75) is 46.0 Å². The van der Waals surface area contributed by atoms with Crippen LogP contribution in [0, 0.1) is 28.6 Å². The van der Waals surface area contributed by atoms with Crippen molar-refractivity contribution < 1.29 is 14.7 Å². The molecule has 0 bridgehead atoms. The zero-order chi connectivity index (χ0) is 16.8. The summed E-state index contributed by atoms with van der Waals surface area (Å²) in [6.07, 6.45) is 5.20. The summed E-state index contributed by atoms with van der Waals surface area (Å²) < 4.78 is 0. The number of rotatable bonds is 3. The van der Waals surface area contributed by atoms with Crippen molar-refractivity contribution in [3.05, 3.63) is 16.0 Å². The molecular weight excluding hydrogens is 312 g/mol. The Morgan fingerprint density at radius 2 is 1.96 bits per heavy atom. The van der Waals surface area contributed by atoms with Crippen LogP contribution in [0.5, 0.6) is 0 Å². The van der Waals surface area contributed by atoms with Gasteiger partial charge in [-0.2, -0.15) is 5.26 Å². The van der Waals surface area contributed by atoms with Crippen molar-refractivity contribution in [1.29, 1.82) is 5.26 Å². The number of thiophene rings is 1. The van der Waals surface area contributed by atoms with E-state index in [2.05, 4.69) is 11.4 Å². The Morgan fingerprint density at radius 3 is 2.57 bits per heavy atom. The predicted octanol–water partition coefficient (Wildman–Crippen LogP) is 3.18. The molecular formula is C17H20N2O3S. The number of carbonyl (C=O) groups excluding carboxylic acids is 1. The van der Waals surface area contributed by atoms with Gasteiger partial charge in [-0.3, -0.25) is 9.59 Å². The Balaban J connectivity index is 1.83. The predicted molar refractivity (Wildman–Crippen MR) is 87.3 cm³/mol. The first-order valence-electron chi connectivity index (χ1n) is 7.96. The molecule has 6 heteroatoms. The number of carboxylic acids is 1. The van der Waals surface area contributed by atoms with Crippen LogP contribution in [0.25, 0.3) is 0 Å². The van der Waals surface area contributed by atoms with E-state index in [9.17, 15) is 20.0 Å². The molecule has 122 valence electrons. The molecule has 0 spiro atoms. The zero-order valence-corrected chi connectivity index (χ0v) is 14.1. The first kappa shape index (κ1) is 16.0. The van der Waals surface area contributed by atoms with Crippen LogP contribution in [0.1, 0.15) is 49.1 Å². The molecule has 1 fully saturated rings. The van der Waals surface area contributed by atoms with Gasteiger partial charge in [0.1, 0.15) is 11.1 Å². The van der Waals surface area contributed by atoms with Gasteiger partial charge < -0.3 is 10.4 Å². The fourth-order valence-corrected chi connectivity index (χ4v) is 4.97. The maximum atomic E-state index is 12.5. The van der Waals surface area contributed by atoms with Gasteiger partial charge in [0.25, 0.3) is 0 Å². The third kappa shape index (κ3) is 2.63. The van der Waals surface area contributed by atoms with E-state index in [-0.39, 0.29) is 5.91 Å². The van der Waals surface area contributed by atoms with Crippen LogP contribution < -0.4 is 5.32 Å². The summed E-state index contributed by atoms with van der Waals surface area (Å²) in [7, 11) is 0. The largest absolute Gasteiger partial charge is 0.481 e. The number of amides is 1. The fraction of sp³-hybridized carbons (Fsp3) is 0.588. The van der Waals surface area contributed by atoms with Gasteiger partial charge in [0, 0.05) is 4.88 Å². The van der Waals surface area contributed by atoms with Gasteiger partial charge in [0.05, 0.1) is 17.4 Å². The van der Waals surface area contributed by atoms with Gasteiger partial charge in [0.2, 0.25) is 5.91 Å². The standard InChI is InChI=1S/C17H20N2O3S/c1-17(2)12(13(17)16(21)22)14(20)19-15-10(8-18)9-6-4-3-5-7-11(9)23-15/h12-13H,3-7H2,1-2H3,(H,19,20)(H,21,22). The SMILES string of the molecule is CC1(C)C(C(=O)O)C1C(=O)Nc1sc2c(c1C#N)CCCCC2. The van der Waals surface area contributed by atoms with Gasteiger partial charge in [-0.25, -0.2) is 0 Å². The Hall–Kier alpha value is -1.87. The number of nitrogens with zero attached hydrogens (tertiary/aromatic N) is 1. The smallest absolute Gasteiger partial charge is 0.307 e. The molecule has 0 radical (unpaired) electrons. The molecule has 1 amide bonds. The number of carboxylic acid groups (broad SMARTS) is 1. The lowest BCUT2D eigenvalue weighted by Gasteiger charge is -2.05. The Kier molecular flexibility index (Phi) is 3.93. The minimum absolute atomic E-state index is 0.282. The highest BCUT2D eigenvalue weighted by atomic mass is 32.1. The number of nitrogens with one attached hydrogen (secondary N) is 1. The molecule has 2 N–H and O–H groups in total. The van der Waals surface area contributed by atoms with Crippen LogP contribution in [0.3, 0.4) is 0 Å². The normalized spacial score (nSPS) is 24.9. The molecule has 23 heavy (non-hydrogen) atoms. The average molecular weight is 332 g/mol. The summed E-state index contributed by atoms with van der Waals surface area (Å²) in [6, 6.07) is 2.23. The van der Waals surface area contributed by atoms with E-state index in [0.717, 1.165) is 31.2 Å². The summed E-state index contributed by atoms with van der Waals surface area (Å²) in [4.78, 5) is 24.9. The molecule has 2 aliphatic rings. The van der Waals surface area contributed by atoms with Gasteiger partial charge in [-0.15, -0.1) is 11.3 Å². The number of fused-ring (bicyclic) bond motifs is 1. The topological polar surface area (TPSA) is 90.2 Å². The zero-order valence-electron chi connectivity index (χ0n) is 13.3. The quantitative estimate of drug-likeness (QED) is 0.832. The molecule has 5 nitrogen and oxygen atoms in total. The highest BCUT2D eigenvalue weighted by Gasteiger charge is 2.66. The minimum atomic E-state index is -0.933. The minimum Gasteiger partial charge on any atom is -0.481 e. The van der Waals surface area contributed by atoms with Crippen molar-refractivity contribution in [1.82, 2.24) is 0 Å². The lowest BCUT2D eigenvalue weighted by molar-refractivity contribution is -0.140. The van der Waals surface area contributed by atoms with Crippen molar-refractivity contribution >= 4 is 28.2 Å². The lowest BCUT2D eigenvalue weighted by Crippen LogP contribution is -2.17. The van der Waals surface area contributed by atoms with E-state index < -0.39 is 23.2 Å². The van der Waals surface area contributed by atoms with Crippen LogP contribution in [0.4, 0.5) is 5.00 Å². The second kappa shape index (κ2) is 5.64. The van der Waals surface area contributed by atoms with Crippen LogP contribution in [-0.2, 0) is 22.4 Å². The Morgan fingerprint density at radius 1 is 1.26 bits per heavy atom. The first-order valence-corrected chi connectivity index (χ1v) is 8.78. The Bertz CT molecular complexity index is 714. The molecule has 2 aliphatic carbocycles. The van der Waals surface area contributed by atoms with E-state index in [4.69, 9.17) is 0 Å². The maximum Gasteiger partial charge on any atom is 0.307 e. The molecule has 2 unspecified atom stereocenters. The molecule has 1 aromatic rings. The van der Waals surface area contributed by atoms with Crippen LogP contribution in [-0.4, -0.2) is 17.0 Å². The van der Waals surface area contributed by atoms with Crippen molar-refractivity contribution in [2.24, 2.45) is 17.3 Å². The van der Waals surface area contributed by atoms with Crippen LogP contribution in [0.15, 0.2) is 0 Å². The van der Waals surface area contributed by atoms with E-state index in [1.807, 2.05) is 0 Å². The van der Waals surface area contributed by atoms with E-state index >= 15 is 0 Å². The van der Waals surface area contributed by atoms with Gasteiger partial charge in [-0.05, 0) is 36.7 Å². The molecule has 2 atom stereocenters. The molecule has 1 saturated carbocycles. The van der Waals surface area contributed by atoms with Crippen molar-refractivity contribution in [2.75, 3.05) is 5.32 Å². The number of hydrogen-bond acceptors (Lipinski definition) is 4. The van der Waals surface area contributed by atoms with Gasteiger partial charge in [-0.1, -0.05) is 20.3 Å². The second-order valence-corrected chi connectivity index (χ2v) is 8.09. The summed E-state index contributed by atoms with van der Waals surface area (Å²) in [5.74, 6) is -2.40. The highest BCUT2D eigenvalue weighted by Crippen LogP contribution is 2.58. The monoisotopic (exact) mass is 332 g/mol. The van der Waals surface area contributed by atoms with Gasteiger partial charge in [0.15, 0.2) is 0 Å². The van der Waals surface area contributed by atoms with Crippen molar-refractivity contribution in [3.63, 3.8) is 0 Å². The van der Waals surface area contributed by atoms with Crippen LogP contribution >= 0.6 is 11.3 Å². The summed E-state index contributed by atoms with van der Waals surface area (Å²) >= 11 is 1.48. The molecule has 0 saturated heterocycles. The van der Waals surface area contributed by atoms with Crippen molar-refractivity contribution in [3.8, 4) is 6.07 Å². The second-order valence-electron chi connectivity index (χ2n) is 6.98. The van der Waals surface area contributed by atoms with E-state index in [1.165, 1.54) is 22.6 Å². The third-order valence-electron chi connectivity index (χ3n) is 5.15. The molecule has 1 aromatic heterocycles. The molecule has 0 aliphatic heterocycles. The summed E-state index contributed by atoms with van der Waals surface area (Å²) in [5, 5.41) is 22.1. The van der Waals surface area contributed by atoms with Crippen LogP contribution in [0.2, 0.25) is 0 Å². The average Bonchev–Trinajstić information content (AvgIpc) is 3.02.